The van der Waals surface area contributed by atoms with Gasteiger partial charge in [-0.1, -0.05) is 18.2 Å². The van der Waals surface area contributed by atoms with Gasteiger partial charge in [-0.2, -0.15) is 0 Å². The number of hydrogen-bond acceptors (Lipinski definition) is 6. The molecule has 0 atom stereocenters. The number of esters is 1. The molecule has 0 heterocycles. The van der Waals surface area contributed by atoms with Crippen LogP contribution in [-0.2, 0) is 20.3 Å². The van der Waals surface area contributed by atoms with Gasteiger partial charge >= 0.3 is 5.97 Å². The van der Waals surface area contributed by atoms with Gasteiger partial charge in [-0.05, 0) is 29.8 Å². The highest BCUT2D eigenvalue weighted by Crippen LogP contribution is 2.29. The minimum atomic E-state index is -3.74. The fraction of sp³-hybridized carbons (Fsp3) is 0.235. The van der Waals surface area contributed by atoms with Gasteiger partial charge in [0.05, 0.1) is 37.5 Å². The van der Waals surface area contributed by atoms with Crippen molar-refractivity contribution in [3.05, 3.63) is 53.6 Å². The summed E-state index contributed by atoms with van der Waals surface area (Å²) >= 11 is 0. The number of ether oxygens (including phenoxy) is 3. The van der Waals surface area contributed by atoms with E-state index < -0.39 is 15.8 Å². The standard InChI is InChI=1S/C17H18O6S/c1-21-14-9-8-12(10-15(14)22-2)11-24(19,20)16-7-5-4-6-13(16)17(18)23-3/h4-10H,11H2,1-3H3. The van der Waals surface area contributed by atoms with Crippen molar-refractivity contribution in [1.29, 1.82) is 0 Å². The first-order valence-electron chi connectivity index (χ1n) is 7.04. The lowest BCUT2D eigenvalue weighted by atomic mass is 10.2. The lowest BCUT2D eigenvalue weighted by Crippen LogP contribution is -2.12. The molecule has 0 saturated carbocycles. The molecule has 2 aromatic carbocycles. The third kappa shape index (κ3) is 3.68. The van der Waals surface area contributed by atoms with Crippen molar-refractivity contribution in [2.45, 2.75) is 10.6 Å². The number of methoxy groups -OCH3 is 3. The van der Waals surface area contributed by atoms with Crippen LogP contribution in [0.2, 0.25) is 0 Å². The van der Waals surface area contributed by atoms with Gasteiger partial charge in [0.1, 0.15) is 0 Å². The highest BCUT2D eigenvalue weighted by atomic mass is 32.2. The minimum absolute atomic E-state index is 0.0143. The molecule has 6 nitrogen and oxygen atoms in total. The van der Waals surface area contributed by atoms with E-state index in [1.165, 1.54) is 33.5 Å². The fourth-order valence-corrected chi connectivity index (χ4v) is 3.83. The Hall–Kier alpha value is -2.54. The fourth-order valence-electron chi connectivity index (χ4n) is 2.28. The van der Waals surface area contributed by atoms with Crippen molar-refractivity contribution >= 4 is 15.8 Å². The molecule has 0 bridgehead atoms. The Balaban J connectivity index is 2.41. The number of carbonyl (C=O) groups excluding carboxylic acids is 1. The molecule has 7 heteroatoms. The summed E-state index contributed by atoms with van der Waals surface area (Å²) in [5.74, 6) is -0.0250. The molecule has 2 rings (SSSR count). The molecule has 0 aliphatic carbocycles. The first-order valence-corrected chi connectivity index (χ1v) is 8.69. The maximum atomic E-state index is 12.7. The van der Waals surface area contributed by atoms with E-state index in [4.69, 9.17) is 9.47 Å². The SMILES string of the molecule is COC(=O)c1ccccc1S(=O)(=O)Cc1ccc(OC)c(OC)c1. The van der Waals surface area contributed by atoms with Crippen LogP contribution in [0.15, 0.2) is 47.4 Å². The van der Waals surface area contributed by atoms with Gasteiger partial charge in [-0.3, -0.25) is 0 Å². The molecule has 0 N–H and O–H groups in total. The quantitative estimate of drug-likeness (QED) is 0.745. The van der Waals surface area contributed by atoms with Crippen molar-refractivity contribution in [1.82, 2.24) is 0 Å². The molecule has 0 radical (unpaired) electrons. The predicted molar refractivity (Wildman–Crippen MR) is 88.2 cm³/mol. The lowest BCUT2D eigenvalue weighted by Gasteiger charge is -2.11. The van der Waals surface area contributed by atoms with Crippen LogP contribution in [0.4, 0.5) is 0 Å². The van der Waals surface area contributed by atoms with Crippen LogP contribution in [0.3, 0.4) is 0 Å². The Labute approximate surface area is 140 Å². The van der Waals surface area contributed by atoms with Crippen molar-refractivity contribution in [2.75, 3.05) is 21.3 Å². The molecule has 24 heavy (non-hydrogen) atoms. The van der Waals surface area contributed by atoms with Crippen LogP contribution < -0.4 is 9.47 Å². The number of sulfone groups is 1. The van der Waals surface area contributed by atoms with Crippen molar-refractivity contribution in [3.8, 4) is 11.5 Å². The topological polar surface area (TPSA) is 78.9 Å². The molecule has 2 aromatic rings. The summed E-state index contributed by atoms with van der Waals surface area (Å²) in [6.07, 6.45) is 0. The molecule has 0 aliphatic heterocycles. The number of hydrogen-bond donors (Lipinski definition) is 0. The van der Waals surface area contributed by atoms with E-state index in [1.807, 2.05) is 0 Å². The second-order valence-electron chi connectivity index (χ2n) is 4.94. The summed E-state index contributed by atoms with van der Waals surface area (Å²) in [4.78, 5) is 11.7. The van der Waals surface area contributed by atoms with Crippen LogP contribution in [0.5, 0.6) is 11.5 Å². The van der Waals surface area contributed by atoms with E-state index in [-0.39, 0.29) is 16.2 Å². The zero-order valence-corrected chi connectivity index (χ0v) is 14.4. The van der Waals surface area contributed by atoms with Crippen LogP contribution in [0.25, 0.3) is 0 Å². The monoisotopic (exact) mass is 350 g/mol. The highest BCUT2D eigenvalue weighted by Gasteiger charge is 2.23. The maximum absolute atomic E-state index is 12.7. The second kappa shape index (κ2) is 7.35. The normalized spacial score (nSPS) is 11.0. The highest BCUT2D eigenvalue weighted by molar-refractivity contribution is 7.90. The van der Waals surface area contributed by atoms with Gasteiger partial charge < -0.3 is 14.2 Å². The molecule has 0 saturated heterocycles. The second-order valence-corrected chi connectivity index (χ2v) is 6.89. The first kappa shape index (κ1) is 17.8. The van der Waals surface area contributed by atoms with Crippen LogP contribution >= 0.6 is 0 Å². The van der Waals surface area contributed by atoms with Crippen LogP contribution in [0, 0.1) is 0 Å². The Morgan fingerprint density at radius 2 is 1.62 bits per heavy atom. The van der Waals surface area contributed by atoms with Gasteiger partial charge in [0.15, 0.2) is 21.3 Å². The number of rotatable bonds is 6. The molecule has 0 spiro atoms. The molecule has 0 unspecified atom stereocenters. The van der Waals surface area contributed by atoms with E-state index in [0.29, 0.717) is 17.1 Å². The third-order valence-electron chi connectivity index (χ3n) is 3.43. The van der Waals surface area contributed by atoms with E-state index in [2.05, 4.69) is 4.74 Å². The van der Waals surface area contributed by atoms with Gasteiger partial charge in [-0.15, -0.1) is 0 Å². The summed E-state index contributed by atoms with van der Waals surface area (Å²) in [5, 5.41) is 0. The molecule has 128 valence electrons. The van der Waals surface area contributed by atoms with Crippen LogP contribution in [0.1, 0.15) is 15.9 Å². The largest absolute Gasteiger partial charge is 0.493 e. The van der Waals surface area contributed by atoms with Crippen molar-refractivity contribution in [2.24, 2.45) is 0 Å². The van der Waals surface area contributed by atoms with Crippen molar-refractivity contribution < 1.29 is 27.4 Å². The maximum Gasteiger partial charge on any atom is 0.339 e. The van der Waals surface area contributed by atoms with Crippen LogP contribution in [-0.4, -0.2) is 35.7 Å². The van der Waals surface area contributed by atoms with Gasteiger partial charge in [0, 0.05) is 0 Å². The molecular formula is C17H18O6S. The molecule has 0 amide bonds. The summed E-state index contributed by atoms with van der Waals surface area (Å²) in [7, 11) is 0.443. The average Bonchev–Trinajstić information content (AvgIpc) is 2.60. The smallest absolute Gasteiger partial charge is 0.339 e. The molecule has 0 aromatic heterocycles. The molecule has 0 aliphatic rings. The zero-order valence-electron chi connectivity index (χ0n) is 13.6. The Kier molecular flexibility index (Phi) is 5.46. The van der Waals surface area contributed by atoms with E-state index >= 15 is 0 Å². The molecular weight excluding hydrogens is 332 g/mol. The summed E-state index contributed by atoms with van der Waals surface area (Å²) in [5.41, 5.74) is 0.535. The predicted octanol–water partition coefficient (Wildman–Crippen LogP) is 2.46. The first-order chi connectivity index (χ1) is 11.4. The van der Waals surface area contributed by atoms with E-state index in [9.17, 15) is 13.2 Å². The van der Waals surface area contributed by atoms with Gasteiger partial charge in [0.25, 0.3) is 0 Å². The summed E-state index contributed by atoms with van der Waals surface area (Å²) in [6.45, 7) is 0. The summed E-state index contributed by atoms with van der Waals surface area (Å²) < 4.78 is 40.4. The Morgan fingerprint density at radius 1 is 0.958 bits per heavy atom. The zero-order chi connectivity index (χ0) is 17.7. The average molecular weight is 350 g/mol. The lowest BCUT2D eigenvalue weighted by molar-refractivity contribution is 0.0596. The Bertz CT molecular complexity index is 842. The Morgan fingerprint density at radius 3 is 2.25 bits per heavy atom. The third-order valence-corrected chi connectivity index (χ3v) is 5.17. The summed E-state index contributed by atoms with van der Waals surface area (Å²) in [6, 6.07) is 10.8. The molecule has 0 fully saturated rings. The number of carbonyl (C=O) groups is 1. The van der Waals surface area contributed by atoms with E-state index in [0.717, 1.165) is 0 Å². The van der Waals surface area contributed by atoms with E-state index in [1.54, 1.807) is 30.3 Å². The van der Waals surface area contributed by atoms with Gasteiger partial charge in [0.2, 0.25) is 0 Å². The minimum Gasteiger partial charge on any atom is -0.493 e. The number of benzene rings is 2. The van der Waals surface area contributed by atoms with Gasteiger partial charge in [-0.25, -0.2) is 13.2 Å². The van der Waals surface area contributed by atoms with Crippen molar-refractivity contribution in [3.63, 3.8) is 0 Å².